The largest absolute Gasteiger partial charge is 0.369 e. The van der Waals surface area contributed by atoms with E-state index in [0.717, 1.165) is 12.8 Å². The summed E-state index contributed by atoms with van der Waals surface area (Å²) in [5.74, 6) is -0.474. The molecule has 2 rings (SSSR count). The normalized spacial score (nSPS) is 20.2. The molecular formula is C13H17FN2O2. The van der Waals surface area contributed by atoms with Crippen molar-refractivity contribution in [2.24, 2.45) is 5.73 Å². The van der Waals surface area contributed by atoms with E-state index in [4.69, 9.17) is 10.5 Å². The topological polar surface area (TPSA) is 55.6 Å². The van der Waals surface area contributed by atoms with Crippen LogP contribution in [0, 0.1) is 5.82 Å². The number of benzene rings is 1. The summed E-state index contributed by atoms with van der Waals surface area (Å²) in [4.78, 5) is 13.6. The van der Waals surface area contributed by atoms with Crippen molar-refractivity contribution in [3.8, 4) is 0 Å². The molecule has 1 aliphatic rings. The van der Waals surface area contributed by atoms with E-state index in [0.29, 0.717) is 18.8 Å². The van der Waals surface area contributed by atoms with Gasteiger partial charge in [-0.05, 0) is 37.6 Å². The van der Waals surface area contributed by atoms with Crippen molar-refractivity contribution in [3.63, 3.8) is 0 Å². The molecule has 1 aromatic carbocycles. The van der Waals surface area contributed by atoms with Gasteiger partial charge in [0.25, 0.3) is 5.91 Å². The smallest absolute Gasteiger partial charge is 0.253 e. The first-order valence-corrected chi connectivity index (χ1v) is 6.08. The Morgan fingerprint density at radius 1 is 1.50 bits per heavy atom. The summed E-state index contributed by atoms with van der Waals surface area (Å²) in [5.41, 5.74) is 6.07. The second kappa shape index (κ2) is 5.93. The molecule has 0 radical (unpaired) electrons. The Balaban J connectivity index is 2.21. The second-order valence-corrected chi connectivity index (χ2v) is 4.34. The Morgan fingerprint density at radius 3 is 3.06 bits per heavy atom. The first-order valence-electron chi connectivity index (χ1n) is 6.08. The Hall–Kier alpha value is -1.46. The Morgan fingerprint density at radius 2 is 2.33 bits per heavy atom. The number of halogens is 1. The Kier molecular flexibility index (Phi) is 4.28. The van der Waals surface area contributed by atoms with Gasteiger partial charge in [0.05, 0.1) is 12.6 Å². The van der Waals surface area contributed by atoms with Crippen LogP contribution in [0.3, 0.4) is 0 Å². The highest BCUT2D eigenvalue weighted by atomic mass is 19.1. The van der Waals surface area contributed by atoms with E-state index in [2.05, 4.69) is 0 Å². The average Bonchev–Trinajstić information content (AvgIpc) is 2.36. The van der Waals surface area contributed by atoms with Crippen LogP contribution in [-0.4, -0.2) is 31.7 Å². The van der Waals surface area contributed by atoms with Crippen LogP contribution < -0.4 is 10.6 Å². The standard InChI is InChI=1S/C13H17FN2O2/c14-10-3-1-4-11(7-10)16-12(5-2-6-15)8-18-9-13(16)17/h1,3-4,7,12H,2,5-6,8-9,15H2. The monoisotopic (exact) mass is 252 g/mol. The minimum absolute atomic E-state index is 0.0512. The lowest BCUT2D eigenvalue weighted by molar-refractivity contribution is -0.127. The van der Waals surface area contributed by atoms with E-state index < -0.39 is 0 Å². The molecular weight excluding hydrogens is 235 g/mol. The fraction of sp³-hybridized carbons (Fsp3) is 0.462. The zero-order valence-corrected chi connectivity index (χ0v) is 10.1. The van der Waals surface area contributed by atoms with Crippen LogP contribution in [0.2, 0.25) is 0 Å². The molecule has 5 heteroatoms. The van der Waals surface area contributed by atoms with Gasteiger partial charge in [0, 0.05) is 5.69 Å². The van der Waals surface area contributed by atoms with Gasteiger partial charge in [0.1, 0.15) is 12.4 Å². The Bertz CT molecular complexity index is 425. The molecule has 0 aromatic heterocycles. The average molecular weight is 252 g/mol. The molecule has 1 unspecified atom stereocenters. The van der Waals surface area contributed by atoms with E-state index in [1.54, 1.807) is 17.0 Å². The van der Waals surface area contributed by atoms with Crippen LogP contribution in [0.5, 0.6) is 0 Å². The molecule has 1 aliphatic heterocycles. The molecule has 0 bridgehead atoms. The quantitative estimate of drug-likeness (QED) is 0.878. The molecule has 2 N–H and O–H groups in total. The summed E-state index contributed by atoms with van der Waals surface area (Å²) in [6.07, 6.45) is 1.58. The first kappa shape index (κ1) is 13.0. The van der Waals surface area contributed by atoms with Crippen molar-refractivity contribution < 1.29 is 13.9 Å². The van der Waals surface area contributed by atoms with Gasteiger partial charge in [-0.15, -0.1) is 0 Å². The van der Waals surface area contributed by atoms with Crippen molar-refractivity contribution in [3.05, 3.63) is 30.1 Å². The third-order valence-corrected chi connectivity index (χ3v) is 3.00. The third kappa shape index (κ3) is 2.86. The zero-order valence-electron chi connectivity index (χ0n) is 10.1. The van der Waals surface area contributed by atoms with Crippen LogP contribution >= 0.6 is 0 Å². The number of nitrogens with zero attached hydrogens (tertiary/aromatic N) is 1. The zero-order chi connectivity index (χ0) is 13.0. The van der Waals surface area contributed by atoms with E-state index in [-0.39, 0.29) is 24.4 Å². The fourth-order valence-electron chi connectivity index (χ4n) is 2.18. The molecule has 0 saturated carbocycles. The lowest BCUT2D eigenvalue weighted by atomic mass is 10.1. The van der Waals surface area contributed by atoms with Gasteiger partial charge in [-0.25, -0.2) is 4.39 Å². The van der Waals surface area contributed by atoms with E-state index in [9.17, 15) is 9.18 Å². The fourth-order valence-corrected chi connectivity index (χ4v) is 2.18. The summed E-state index contributed by atoms with van der Waals surface area (Å²) in [7, 11) is 0. The summed E-state index contributed by atoms with van der Waals surface area (Å²) in [5, 5.41) is 0. The third-order valence-electron chi connectivity index (χ3n) is 3.00. The predicted octanol–water partition coefficient (Wildman–Crippen LogP) is 1.30. The second-order valence-electron chi connectivity index (χ2n) is 4.34. The van der Waals surface area contributed by atoms with E-state index in [1.807, 2.05) is 0 Å². The van der Waals surface area contributed by atoms with Gasteiger partial charge in [-0.3, -0.25) is 4.79 Å². The number of hydrogen-bond acceptors (Lipinski definition) is 3. The molecule has 1 heterocycles. The highest BCUT2D eigenvalue weighted by Crippen LogP contribution is 2.23. The van der Waals surface area contributed by atoms with Gasteiger partial charge < -0.3 is 15.4 Å². The van der Waals surface area contributed by atoms with Crippen LogP contribution in [0.1, 0.15) is 12.8 Å². The van der Waals surface area contributed by atoms with Crippen molar-refractivity contribution in [1.29, 1.82) is 0 Å². The van der Waals surface area contributed by atoms with Gasteiger partial charge in [0.15, 0.2) is 0 Å². The molecule has 0 aliphatic carbocycles. The molecule has 1 aromatic rings. The van der Waals surface area contributed by atoms with E-state index in [1.165, 1.54) is 12.1 Å². The summed E-state index contributed by atoms with van der Waals surface area (Å²) in [6, 6.07) is 6.02. The number of anilines is 1. The number of amides is 1. The number of ether oxygens (including phenoxy) is 1. The van der Waals surface area contributed by atoms with Crippen LogP contribution in [0.15, 0.2) is 24.3 Å². The summed E-state index contributed by atoms with van der Waals surface area (Å²) >= 11 is 0. The maximum Gasteiger partial charge on any atom is 0.253 e. The lowest BCUT2D eigenvalue weighted by Gasteiger charge is -2.35. The molecule has 1 saturated heterocycles. The molecule has 1 amide bonds. The number of hydrogen-bond donors (Lipinski definition) is 1. The maximum absolute atomic E-state index is 13.2. The van der Waals surface area contributed by atoms with Crippen LogP contribution in [-0.2, 0) is 9.53 Å². The highest BCUT2D eigenvalue weighted by molar-refractivity contribution is 5.95. The number of rotatable bonds is 4. The minimum atomic E-state index is -0.343. The van der Waals surface area contributed by atoms with Crippen molar-refractivity contribution in [2.45, 2.75) is 18.9 Å². The van der Waals surface area contributed by atoms with Gasteiger partial charge in [0.2, 0.25) is 0 Å². The lowest BCUT2D eigenvalue weighted by Crippen LogP contribution is -2.49. The molecule has 4 nitrogen and oxygen atoms in total. The van der Waals surface area contributed by atoms with Gasteiger partial charge in [-0.1, -0.05) is 6.07 Å². The molecule has 0 spiro atoms. The molecule has 1 atom stereocenters. The highest BCUT2D eigenvalue weighted by Gasteiger charge is 2.29. The number of carbonyl (C=O) groups is 1. The minimum Gasteiger partial charge on any atom is -0.369 e. The van der Waals surface area contributed by atoms with E-state index >= 15 is 0 Å². The molecule has 18 heavy (non-hydrogen) atoms. The Labute approximate surface area is 106 Å². The van der Waals surface area contributed by atoms with Crippen molar-refractivity contribution in [1.82, 2.24) is 0 Å². The predicted molar refractivity (Wildman–Crippen MR) is 66.8 cm³/mol. The number of carbonyl (C=O) groups excluding carboxylic acids is 1. The SMILES string of the molecule is NCCCC1COCC(=O)N1c1cccc(F)c1. The van der Waals surface area contributed by atoms with Crippen molar-refractivity contribution in [2.75, 3.05) is 24.7 Å². The van der Waals surface area contributed by atoms with Gasteiger partial charge >= 0.3 is 0 Å². The summed E-state index contributed by atoms with van der Waals surface area (Å²) in [6.45, 7) is 1.10. The van der Waals surface area contributed by atoms with Crippen molar-refractivity contribution >= 4 is 11.6 Å². The van der Waals surface area contributed by atoms with Crippen LogP contribution in [0.4, 0.5) is 10.1 Å². The van der Waals surface area contributed by atoms with Gasteiger partial charge in [-0.2, -0.15) is 0 Å². The number of nitrogens with two attached hydrogens (primary N) is 1. The van der Waals surface area contributed by atoms with Crippen LogP contribution in [0.25, 0.3) is 0 Å². The first-order chi connectivity index (χ1) is 8.72. The number of morpholine rings is 1. The molecule has 1 fully saturated rings. The maximum atomic E-state index is 13.2. The summed E-state index contributed by atoms with van der Waals surface area (Å²) < 4.78 is 18.5. The molecule has 98 valence electrons.